The Morgan fingerprint density at radius 3 is 2.60 bits per heavy atom. The fourth-order valence-corrected chi connectivity index (χ4v) is 3.75. The van der Waals surface area contributed by atoms with Gasteiger partial charge in [0.1, 0.15) is 0 Å². The molecule has 1 saturated heterocycles. The molecule has 20 heavy (non-hydrogen) atoms. The molecule has 4 heteroatoms. The minimum absolute atomic E-state index is 0.407. The van der Waals surface area contributed by atoms with Crippen molar-refractivity contribution in [3.05, 3.63) is 33.8 Å². The molecule has 0 aromatic heterocycles. The van der Waals surface area contributed by atoms with E-state index in [1.165, 1.54) is 24.8 Å². The lowest BCUT2D eigenvalue weighted by atomic mass is 9.85. The topological polar surface area (TPSA) is 15.3 Å². The van der Waals surface area contributed by atoms with Crippen LogP contribution >= 0.6 is 23.2 Å². The van der Waals surface area contributed by atoms with Gasteiger partial charge in [0.15, 0.2) is 0 Å². The Labute approximate surface area is 132 Å². The van der Waals surface area contributed by atoms with Gasteiger partial charge in [0.05, 0.1) is 0 Å². The summed E-state index contributed by atoms with van der Waals surface area (Å²) in [4.78, 5) is 2.43. The molecule has 2 unspecified atom stereocenters. The van der Waals surface area contributed by atoms with E-state index in [0.29, 0.717) is 12.0 Å². The SMILES string of the molecule is CCCNCC1CCCN(C)C1c1cc(Cl)cc(Cl)c1. The summed E-state index contributed by atoms with van der Waals surface area (Å²) < 4.78 is 0. The third-order valence-electron chi connectivity index (χ3n) is 4.07. The third kappa shape index (κ3) is 4.11. The van der Waals surface area contributed by atoms with E-state index in [1.54, 1.807) is 6.07 Å². The molecular formula is C16H24Cl2N2. The van der Waals surface area contributed by atoms with Gasteiger partial charge in [0, 0.05) is 16.1 Å². The van der Waals surface area contributed by atoms with Crippen molar-refractivity contribution in [3.63, 3.8) is 0 Å². The van der Waals surface area contributed by atoms with Crippen molar-refractivity contribution in [1.82, 2.24) is 10.2 Å². The Balaban J connectivity index is 2.18. The predicted octanol–water partition coefficient (Wildman–Crippen LogP) is 4.38. The molecule has 2 rings (SSSR count). The van der Waals surface area contributed by atoms with Gasteiger partial charge in [-0.15, -0.1) is 0 Å². The average molecular weight is 315 g/mol. The lowest BCUT2D eigenvalue weighted by Crippen LogP contribution is -2.40. The summed E-state index contributed by atoms with van der Waals surface area (Å²) in [6.07, 6.45) is 3.70. The molecule has 0 spiro atoms. The molecule has 0 saturated carbocycles. The van der Waals surface area contributed by atoms with Crippen LogP contribution in [0.5, 0.6) is 0 Å². The van der Waals surface area contributed by atoms with Gasteiger partial charge in [0.2, 0.25) is 0 Å². The maximum absolute atomic E-state index is 6.17. The number of halogens is 2. The monoisotopic (exact) mass is 314 g/mol. The number of hydrogen-bond donors (Lipinski definition) is 1. The molecule has 1 fully saturated rings. The first-order chi connectivity index (χ1) is 9.61. The maximum atomic E-state index is 6.17. The number of hydrogen-bond acceptors (Lipinski definition) is 2. The van der Waals surface area contributed by atoms with Crippen molar-refractivity contribution in [3.8, 4) is 0 Å². The Kier molecular flexibility index (Phi) is 6.16. The number of nitrogens with one attached hydrogen (secondary N) is 1. The zero-order valence-electron chi connectivity index (χ0n) is 12.3. The Hall–Kier alpha value is -0.280. The number of rotatable bonds is 5. The van der Waals surface area contributed by atoms with E-state index in [-0.39, 0.29) is 0 Å². The molecule has 0 bridgehead atoms. The number of piperidine rings is 1. The van der Waals surface area contributed by atoms with E-state index < -0.39 is 0 Å². The number of likely N-dealkylation sites (tertiary alicyclic amines) is 1. The number of benzene rings is 1. The minimum atomic E-state index is 0.407. The van der Waals surface area contributed by atoms with Crippen molar-refractivity contribution in [1.29, 1.82) is 0 Å². The van der Waals surface area contributed by atoms with Crippen molar-refractivity contribution in [2.24, 2.45) is 5.92 Å². The molecule has 0 aliphatic carbocycles. The summed E-state index contributed by atoms with van der Waals surface area (Å²) in [5.41, 5.74) is 1.24. The highest BCUT2D eigenvalue weighted by Crippen LogP contribution is 2.36. The standard InChI is InChI=1S/C16H24Cl2N2/c1-3-6-19-11-12-5-4-7-20(2)16(12)13-8-14(17)10-15(18)9-13/h8-10,12,16,19H,3-7,11H2,1-2H3. The first-order valence-electron chi connectivity index (χ1n) is 7.48. The van der Waals surface area contributed by atoms with E-state index in [2.05, 4.69) is 36.3 Å². The van der Waals surface area contributed by atoms with Gasteiger partial charge in [-0.25, -0.2) is 0 Å². The molecular weight excluding hydrogens is 291 g/mol. The van der Waals surface area contributed by atoms with Crippen LogP contribution in [-0.2, 0) is 0 Å². The molecule has 1 N–H and O–H groups in total. The minimum Gasteiger partial charge on any atom is -0.316 e. The zero-order valence-corrected chi connectivity index (χ0v) is 13.8. The van der Waals surface area contributed by atoms with Gasteiger partial charge in [-0.2, -0.15) is 0 Å². The lowest BCUT2D eigenvalue weighted by molar-refractivity contribution is 0.119. The van der Waals surface area contributed by atoms with Crippen LogP contribution in [0.2, 0.25) is 10.0 Å². The Morgan fingerprint density at radius 1 is 1.25 bits per heavy atom. The van der Waals surface area contributed by atoms with Crippen LogP contribution in [0.1, 0.15) is 37.8 Å². The fourth-order valence-electron chi connectivity index (χ4n) is 3.21. The van der Waals surface area contributed by atoms with Gasteiger partial charge < -0.3 is 5.32 Å². The van der Waals surface area contributed by atoms with Gasteiger partial charge in [-0.3, -0.25) is 4.90 Å². The van der Waals surface area contributed by atoms with Crippen LogP contribution < -0.4 is 5.32 Å². The van der Waals surface area contributed by atoms with Gasteiger partial charge in [0.25, 0.3) is 0 Å². The molecule has 1 aromatic carbocycles. The van der Waals surface area contributed by atoms with E-state index in [1.807, 2.05) is 0 Å². The maximum Gasteiger partial charge on any atom is 0.0424 e. The molecule has 2 atom stereocenters. The van der Waals surface area contributed by atoms with E-state index in [0.717, 1.165) is 29.7 Å². The summed E-state index contributed by atoms with van der Waals surface area (Å²) in [5.74, 6) is 0.620. The molecule has 0 radical (unpaired) electrons. The van der Waals surface area contributed by atoms with Crippen LogP contribution in [-0.4, -0.2) is 31.6 Å². The lowest BCUT2D eigenvalue weighted by Gasteiger charge is -2.40. The highest BCUT2D eigenvalue weighted by molar-refractivity contribution is 6.34. The van der Waals surface area contributed by atoms with Crippen LogP contribution in [0.4, 0.5) is 0 Å². The highest BCUT2D eigenvalue weighted by atomic mass is 35.5. The smallest absolute Gasteiger partial charge is 0.0424 e. The molecule has 1 heterocycles. The van der Waals surface area contributed by atoms with E-state index in [9.17, 15) is 0 Å². The predicted molar refractivity (Wildman–Crippen MR) is 87.7 cm³/mol. The molecule has 0 amide bonds. The number of nitrogens with zero attached hydrogens (tertiary/aromatic N) is 1. The first kappa shape index (κ1) is 16.1. The fraction of sp³-hybridized carbons (Fsp3) is 0.625. The largest absolute Gasteiger partial charge is 0.316 e. The van der Waals surface area contributed by atoms with Crippen molar-refractivity contribution < 1.29 is 0 Å². The van der Waals surface area contributed by atoms with Gasteiger partial charge >= 0.3 is 0 Å². The normalized spacial score (nSPS) is 24.0. The van der Waals surface area contributed by atoms with Crippen molar-refractivity contribution in [2.45, 2.75) is 32.2 Å². The van der Waals surface area contributed by atoms with E-state index in [4.69, 9.17) is 23.2 Å². The van der Waals surface area contributed by atoms with Crippen LogP contribution in [0, 0.1) is 5.92 Å². The van der Waals surface area contributed by atoms with Crippen LogP contribution in [0.25, 0.3) is 0 Å². The zero-order chi connectivity index (χ0) is 14.5. The van der Waals surface area contributed by atoms with Gasteiger partial charge in [-0.05, 0) is 75.6 Å². The van der Waals surface area contributed by atoms with Crippen molar-refractivity contribution >= 4 is 23.2 Å². The third-order valence-corrected chi connectivity index (χ3v) is 4.50. The Bertz CT molecular complexity index is 416. The highest BCUT2D eigenvalue weighted by Gasteiger charge is 2.30. The summed E-state index contributed by atoms with van der Waals surface area (Å²) >= 11 is 12.3. The van der Waals surface area contributed by atoms with Gasteiger partial charge in [-0.1, -0.05) is 30.1 Å². The second-order valence-electron chi connectivity index (χ2n) is 5.73. The summed E-state index contributed by atoms with van der Waals surface area (Å²) in [6.45, 7) is 5.49. The second kappa shape index (κ2) is 7.65. The second-order valence-corrected chi connectivity index (χ2v) is 6.61. The first-order valence-corrected chi connectivity index (χ1v) is 8.24. The average Bonchev–Trinajstić information content (AvgIpc) is 2.38. The van der Waals surface area contributed by atoms with Crippen LogP contribution in [0.3, 0.4) is 0 Å². The Morgan fingerprint density at radius 2 is 1.95 bits per heavy atom. The van der Waals surface area contributed by atoms with Crippen molar-refractivity contribution in [2.75, 3.05) is 26.7 Å². The quantitative estimate of drug-likeness (QED) is 0.811. The molecule has 1 aliphatic rings. The van der Waals surface area contributed by atoms with E-state index >= 15 is 0 Å². The summed E-state index contributed by atoms with van der Waals surface area (Å²) in [7, 11) is 2.20. The molecule has 2 nitrogen and oxygen atoms in total. The summed E-state index contributed by atoms with van der Waals surface area (Å²) in [5, 5.41) is 5.02. The molecule has 112 valence electrons. The van der Waals surface area contributed by atoms with Crippen LogP contribution in [0.15, 0.2) is 18.2 Å². The summed E-state index contributed by atoms with van der Waals surface area (Å²) in [6, 6.07) is 6.34. The molecule has 1 aromatic rings. The molecule has 1 aliphatic heterocycles.